The molecule has 1 unspecified atom stereocenters. The lowest BCUT2D eigenvalue weighted by Crippen LogP contribution is -2.39. The van der Waals surface area contributed by atoms with E-state index in [0.717, 1.165) is 19.5 Å². The molecule has 5 heteroatoms. The minimum Gasteiger partial charge on any atom is -0.459 e. The Morgan fingerprint density at radius 1 is 1.32 bits per heavy atom. The van der Waals surface area contributed by atoms with Crippen LogP contribution < -0.4 is 0 Å². The smallest absolute Gasteiger partial charge is 0.340 e. The van der Waals surface area contributed by atoms with Gasteiger partial charge in [0.25, 0.3) is 5.91 Å². The Bertz CT molecular complexity index is 575. The number of H-pyrrole nitrogens is 1. The zero-order valence-corrected chi connectivity index (χ0v) is 14.2. The Labute approximate surface area is 132 Å². The van der Waals surface area contributed by atoms with Crippen molar-refractivity contribution in [1.82, 2.24) is 9.88 Å². The first kappa shape index (κ1) is 16.6. The normalized spacial score (nSPS) is 18.6. The molecule has 1 aliphatic heterocycles. The maximum Gasteiger partial charge on any atom is 0.340 e. The molecule has 2 heterocycles. The lowest BCUT2D eigenvalue weighted by Gasteiger charge is -2.30. The Balaban J connectivity index is 2.25. The summed E-state index contributed by atoms with van der Waals surface area (Å²) in [5.41, 5.74) is 2.38. The highest BCUT2D eigenvalue weighted by Gasteiger charge is 2.28. The summed E-state index contributed by atoms with van der Waals surface area (Å²) < 4.78 is 5.27. The minimum atomic E-state index is -0.368. The van der Waals surface area contributed by atoms with E-state index in [9.17, 15) is 9.59 Å². The molecule has 1 aliphatic rings. The number of rotatable bonds is 3. The summed E-state index contributed by atoms with van der Waals surface area (Å²) in [7, 11) is 0. The van der Waals surface area contributed by atoms with Gasteiger partial charge >= 0.3 is 5.97 Å². The van der Waals surface area contributed by atoms with Gasteiger partial charge in [-0.15, -0.1) is 0 Å². The van der Waals surface area contributed by atoms with Crippen molar-refractivity contribution in [3.63, 3.8) is 0 Å². The number of amides is 1. The number of piperidine rings is 1. The number of aromatic amines is 1. The SMILES string of the molecule is Cc1[nH]c(C(=O)N2CCCC(C)C2)c(C)c1C(=O)OC(C)C. The van der Waals surface area contributed by atoms with Crippen molar-refractivity contribution in [1.29, 1.82) is 0 Å². The monoisotopic (exact) mass is 306 g/mol. The molecule has 1 fully saturated rings. The summed E-state index contributed by atoms with van der Waals surface area (Å²) in [6.07, 6.45) is 2.02. The van der Waals surface area contributed by atoms with Crippen LogP contribution in [0, 0.1) is 19.8 Å². The highest BCUT2D eigenvalue weighted by Crippen LogP contribution is 2.23. The number of ether oxygens (including phenoxy) is 1. The van der Waals surface area contributed by atoms with Gasteiger partial charge in [-0.05, 0) is 52.0 Å². The van der Waals surface area contributed by atoms with Gasteiger partial charge in [-0.3, -0.25) is 4.79 Å². The van der Waals surface area contributed by atoms with E-state index in [1.54, 1.807) is 13.8 Å². The molecule has 1 aromatic heterocycles. The molecule has 0 bridgehead atoms. The summed E-state index contributed by atoms with van der Waals surface area (Å²) in [5, 5.41) is 0. The van der Waals surface area contributed by atoms with E-state index in [0.29, 0.717) is 28.4 Å². The van der Waals surface area contributed by atoms with Crippen LogP contribution in [0.2, 0.25) is 0 Å². The summed E-state index contributed by atoms with van der Waals surface area (Å²) in [4.78, 5) is 29.9. The van der Waals surface area contributed by atoms with Crippen LogP contribution in [0.5, 0.6) is 0 Å². The van der Waals surface area contributed by atoms with E-state index in [1.807, 2.05) is 18.7 Å². The molecule has 1 amide bonds. The second kappa shape index (κ2) is 6.55. The summed E-state index contributed by atoms with van der Waals surface area (Å²) in [5.74, 6) is 0.141. The van der Waals surface area contributed by atoms with Crippen molar-refractivity contribution >= 4 is 11.9 Å². The van der Waals surface area contributed by atoms with Crippen LogP contribution in [0.15, 0.2) is 0 Å². The second-order valence-electron chi connectivity index (χ2n) is 6.58. The number of carbonyl (C=O) groups excluding carboxylic acids is 2. The molecule has 2 rings (SSSR count). The van der Waals surface area contributed by atoms with Crippen LogP contribution in [0.3, 0.4) is 0 Å². The molecule has 0 radical (unpaired) electrons. The van der Waals surface area contributed by atoms with Gasteiger partial charge in [-0.1, -0.05) is 6.92 Å². The molecule has 1 saturated heterocycles. The second-order valence-corrected chi connectivity index (χ2v) is 6.58. The van der Waals surface area contributed by atoms with Crippen LogP contribution in [-0.4, -0.2) is 41.0 Å². The van der Waals surface area contributed by atoms with Gasteiger partial charge in [0.15, 0.2) is 0 Å². The average molecular weight is 306 g/mol. The zero-order valence-electron chi connectivity index (χ0n) is 14.2. The van der Waals surface area contributed by atoms with Crippen molar-refractivity contribution in [2.75, 3.05) is 13.1 Å². The summed E-state index contributed by atoms with van der Waals surface area (Å²) in [6.45, 7) is 11.0. The van der Waals surface area contributed by atoms with E-state index in [-0.39, 0.29) is 18.0 Å². The fraction of sp³-hybridized carbons (Fsp3) is 0.647. The van der Waals surface area contributed by atoms with Gasteiger partial charge in [0, 0.05) is 18.8 Å². The van der Waals surface area contributed by atoms with Gasteiger partial charge < -0.3 is 14.6 Å². The highest BCUT2D eigenvalue weighted by molar-refractivity contribution is 6.00. The molecule has 0 spiro atoms. The van der Waals surface area contributed by atoms with E-state index in [1.165, 1.54) is 6.42 Å². The number of aromatic nitrogens is 1. The fourth-order valence-corrected chi connectivity index (χ4v) is 3.08. The largest absolute Gasteiger partial charge is 0.459 e. The fourth-order valence-electron chi connectivity index (χ4n) is 3.08. The molecule has 0 aromatic carbocycles. The highest BCUT2D eigenvalue weighted by atomic mass is 16.5. The molecular weight excluding hydrogens is 280 g/mol. The van der Waals surface area contributed by atoms with Crippen molar-refractivity contribution < 1.29 is 14.3 Å². The number of aryl methyl sites for hydroxylation is 1. The Kier molecular flexibility index (Phi) is 4.94. The lowest BCUT2D eigenvalue weighted by molar-refractivity contribution is 0.0376. The predicted octanol–water partition coefficient (Wildman–Crippen LogP) is 3.07. The standard InChI is InChI=1S/C17H26N2O3/c1-10(2)22-17(21)14-12(4)15(18-13(14)5)16(20)19-8-6-7-11(3)9-19/h10-11,18H,6-9H2,1-5H3. The number of hydrogen-bond donors (Lipinski definition) is 1. The number of esters is 1. The van der Waals surface area contributed by atoms with E-state index >= 15 is 0 Å². The van der Waals surface area contributed by atoms with E-state index in [4.69, 9.17) is 4.74 Å². The van der Waals surface area contributed by atoms with Crippen molar-refractivity contribution in [3.05, 3.63) is 22.5 Å². The number of hydrogen-bond acceptors (Lipinski definition) is 3. The van der Waals surface area contributed by atoms with Crippen LogP contribution >= 0.6 is 0 Å². The third-order valence-electron chi connectivity index (χ3n) is 4.14. The van der Waals surface area contributed by atoms with Crippen LogP contribution in [-0.2, 0) is 4.74 Å². The number of likely N-dealkylation sites (tertiary alicyclic amines) is 1. The molecule has 1 atom stereocenters. The number of carbonyl (C=O) groups is 2. The van der Waals surface area contributed by atoms with Gasteiger partial charge in [0.1, 0.15) is 5.69 Å². The third kappa shape index (κ3) is 3.34. The quantitative estimate of drug-likeness (QED) is 0.873. The number of nitrogens with one attached hydrogen (secondary N) is 1. The van der Waals surface area contributed by atoms with E-state index < -0.39 is 0 Å². The van der Waals surface area contributed by atoms with Gasteiger partial charge in [0.2, 0.25) is 0 Å². The molecule has 1 aromatic rings. The molecular formula is C17H26N2O3. The Morgan fingerprint density at radius 2 is 2.00 bits per heavy atom. The summed E-state index contributed by atoms with van der Waals surface area (Å²) >= 11 is 0. The van der Waals surface area contributed by atoms with Gasteiger partial charge in [-0.25, -0.2) is 4.79 Å². The van der Waals surface area contributed by atoms with Crippen molar-refractivity contribution in [3.8, 4) is 0 Å². The Morgan fingerprint density at radius 3 is 2.59 bits per heavy atom. The molecule has 122 valence electrons. The maximum absolute atomic E-state index is 12.7. The zero-order chi connectivity index (χ0) is 16.4. The van der Waals surface area contributed by atoms with Crippen molar-refractivity contribution in [2.24, 2.45) is 5.92 Å². The Hall–Kier alpha value is -1.78. The van der Waals surface area contributed by atoms with Gasteiger partial charge in [-0.2, -0.15) is 0 Å². The van der Waals surface area contributed by atoms with E-state index in [2.05, 4.69) is 11.9 Å². The number of nitrogens with zero attached hydrogens (tertiary/aromatic N) is 1. The van der Waals surface area contributed by atoms with Crippen molar-refractivity contribution in [2.45, 2.75) is 53.6 Å². The third-order valence-corrected chi connectivity index (χ3v) is 4.14. The first-order chi connectivity index (χ1) is 10.3. The molecule has 1 N–H and O–H groups in total. The van der Waals surface area contributed by atoms with Crippen LogP contribution in [0.4, 0.5) is 0 Å². The summed E-state index contributed by atoms with van der Waals surface area (Å²) in [6, 6.07) is 0. The first-order valence-electron chi connectivity index (χ1n) is 8.00. The lowest BCUT2D eigenvalue weighted by atomic mass is 9.99. The topological polar surface area (TPSA) is 62.4 Å². The molecule has 0 aliphatic carbocycles. The first-order valence-corrected chi connectivity index (χ1v) is 8.00. The molecule has 5 nitrogen and oxygen atoms in total. The van der Waals surface area contributed by atoms with Gasteiger partial charge in [0.05, 0.1) is 11.7 Å². The maximum atomic E-state index is 12.7. The van der Waals surface area contributed by atoms with Crippen LogP contribution in [0.25, 0.3) is 0 Å². The minimum absolute atomic E-state index is 0.0178. The molecule has 22 heavy (non-hydrogen) atoms. The average Bonchev–Trinajstić information content (AvgIpc) is 2.72. The predicted molar refractivity (Wildman–Crippen MR) is 85.1 cm³/mol. The molecule has 0 saturated carbocycles. The van der Waals surface area contributed by atoms with Crippen LogP contribution in [0.1, 0.15) is 65.7 Å².